The highest BCUT2D eigenvalue weighted by atomic mass is 15.4. The molecule has 1 aromatic carbocycles. The van der Waals surface area contributed by atoms with Gasteiger partial charge in [0.1, 0.15) is 0 Å². The van der Waals surface area contributed by atoms with E-state index < -0.39 is 0 Å². The monoisotopic (exact) mass is 321 g/mol. The summed E-state index contributed by atoms with van der Waals surface area (Å²) in [5, 5.41) is 0. The lowest BCUT2D eigenvalue weighted by Crippen LogP contribution is -2.52. The third-order valence-electron chi connectivity index (χ3n) is 4.71. The number of hydrogen-bond donors (Lipinski definition) is 0. The molecule has 0 aliphatic carbocycles. The molecule has 1 aromatic heterocycles. The first kappa shape index (κ1) is 15.0. The van der Waals surface area contributed by atoms with Gasteiger partial charge in [0.2, 0.25) is 0 Å². The molecule has 0 unspecified atom stereocenters. The van der Waals surface area contributed by atoms with Crippen molar-refractivity contribution in [2.75, 3.05) is 44.2 Å². The fraction of sp³-hybridized carbons (Fsp3) is 0.368. The molecule has 24 heavy (non-hydrogen) atoms. The van der Waals surface area contributed by atoms with Crippen molar-refractivity contribution in [3.63, 3.8) is 0 Å². The largest absolute Gasteiger partial charge is 0.368 e. The van der Waals surface area contributed by atoms with Gasteiger partial charge in [0.25, 0.3) is 0 Å². The summed E-state index contributed by atoms with van der Waals surface area (Å²) in [6, 6.07) is 14.8. The first-order valence-electron chi connectivity index (χ1n) is 8.63. The Morgan fingerprint density at radius 2 is 1.50 bits per heavy atom. The van der Waals surface area contributed by atoms with Gasteiger partial charge < -0.3 is 14.7 Å². The number of guanidine groups is 1. The van der Waals surface area contributed by atoms with Crippen LogP contribution in [0.3, 0.4) is 0 Å². The van der Waals surface area contributed by atoms with Crippen LogP contribution in [0.4, 0.5) is 5.69 Å². The summed E-state index contributed by atoms with van der Waals surface area (Å²) in [7, 11) is 0. The smallest absolute Gasteiger partial charge is 0.197 e. The summed E-state index contributed by atoms with van der Waals surface area (Å²) < 4.78 is 0. The summed E-state index contributed by atoms with van der Waals surface area (Å²) in [6.45, 7) is 6.98. The molecule has 124 valence electrons. The zero-order valence-electron chi connectivity index (χ0n) is 13.9. The van der Waals surface area contributed by atoms with Gasteiger partial charge in [-0.15, -0.1) is 0 Å². The van der Waals surface area contributed by atoms with E-state index in [2.05, 4.69) is 62.1 Å². The zero-order chi connectivity index (χ0) is 16.2. The van der Waals surface area contributed by atoms with E-state index in [0.29, 0.717) is 0 Å². The van der Waals surface area contributed by atoms with Crippen LogP contribution in [0.5, 0.6) is 0 Å². The van der Waals surface area contributed by atoms with Crippen molar-refractivity contribution in [3.8, 4) is 0 Å². The van der Waals surface area contributed by atoms with Crippen LogP contribution in [-0.4, -0.2) is 60.0 Å². The van der Waals surface area contributed by atoms with Gasteiger partial charge in [-0.05, 0) is 17.7 Å². The van der Waals surface area contributed by atoms with Gasteiger partial charge in [-0.25, -0.2) is 0 Å². The third kappa shape index (κ3) is 3.20. The van der Waals surface area contributed by atoms with Gasteiger partial charge in [-0.2, -0.15) is 0 Å². The summed E-state index contributed by atoms with van der Waals surface area (Å²) in [4.78, 5) is 16.2. The Labute approximate surface area is 143 Å². The van der Waals surface area contributed by atoms with Crippen LogP contribution in [0, 0.1) is 0 Å². The normalized spacial score (nSPS) is 18.0. The molecule has 5 nitrogen and oxygen atoms in total. The Morgan fingerprint density at radius 1 is 0.792 bits per heavy atom. The maximum absolute atomic E-state index is 4.77. The van der Waals surface area contributed by atoms with E-state index in [1.165, 1.54) is 17.2 Å². The highest BCUT2D eigenvalue weighted by molar-refractivity contribution is 5.82. The molecule has 2 aromatic rings. The van der Waals surface area contributed by atoms with Gasteiger partial charge in [0.05, 0.1) is 6.54 Å². The van der Waals surface area contributed by atoms with Gasteiger partial charge in [-0.3, -0.25) is 9.98 Å². The molecule has 1 fully saturated rings. The number of piperazine rings is 1. The molecule has 0 saturated carbocycles. The number of benzene rings is 1. The van der Waals surface area contributed by atoms with Crippen LogP contribution in [0.15, 0.2) is 59.9 Å². The first-order valence-corrected chi connectivity index (χ1v) is 8.63. The number of nitrogens with zero attached hydrogens (tertiary/aromatic N) is 5. The van der Waals surface area contributed by atoms with Crippen LogP contribution in [0.25, 0.3) is 0 Å². The maximum Gasteiger partial charge on any atom is 0.197 e. The first-order chi connectivity index (χ1) is 11.9. The fourth-order valence-electron chi connectivity index (χ4n) is 3.44. The Morgan fingerprint density at radius 3 is 2.25 bits per heavy atom. The van der Waals surface area contributed by atoms with Crippen molar-refractivity contribution in [1.82, 2.24) is 14.8 Å². The molecule has 0 amide bonds. The van der Waals surface area contributed by atoms with Crippen molar-refractivity contribution in [3.05, 3.63) is 60.4 Å². The Kier molecular flexibility index (Phi) is 4.32. The zero-order valence-corrected chi connectivity index (χ0v) is 13.9. The predicted molar refractivity (Wildman–Crippen MR) is 97.2 cm³/mol. The molecule has 0 N–H and O–H groups in total. The maximum atomic E-state index is 4.77. The van der Waals surface area contributed by atoms with Crippen molar-refractivity contribution >= 4 is 11.6 Å². The van der Waals surface area contributed by atoms with Gasteiger partial charge in [0, 0.05) is 57.3 Å². The molecule has 0 spiro atoms. The summed E-state index contributed by atoms with van der Waals surface area (Å²) in [5.74, 6) is 1.17. The second-order valence-electron chi connectivity index (χ2n) is 6.27. The SMILES string of the molecule is c1ccc(CN2CCN=C2N2CCN(c3ccncc3)CC2)cc1. The van der Waals surface area contributed by atoms with E-state index in [0.717, 1.165) is 45.8 Å². The molecule has 2 aliphatic heterocycles. The molecule has 2 aliphatic rings. The molecule has 0 radical (unpaired) electrons. The van der Waals surface area contributed by atoms with Crippen molar-refractivity contribution in [2.24, 2.45) is 4.99 Å². The van der Waals surface area contributed by atoms with Crippen molar-refractivity contribution < 1.29 is 0 Å². The molecular formula is C19H23N5. The lowest BCUT2D eigenvalue weighted by atomic mass is 10.2. The number of anilines is 1. The van der Waals surface area contributed by atoms with Crippen LogP contribution in [0.2, 0.25) is 0 Å². The van der Waals surface area contributed by atoms with E-state index in [4.69, 9.17) is 4.99 Å². The van der Waals surface area contributed by atoms with Crippen LogP contribution < -0.4 is 4.90 Å². The molecule has 0 atom stereocenters. The summed E-state index contributed by atoms with van der Waals surface area (Å²) in [6.07, 6.45) is 3.73. The highest BCUT2D eigenvalue weighted by Crippen LogP contribution is 2.18. The van der Waals surface area contributed by atoms with E-state index in [-0.39, 0.29) is 0 Å². The van der Waals surface area contributed by atoms with E-state index in [1.54, 1.807) is 0 Å². The topological polar surface area (TPSA) is 35.0 Å². The molecule has 4 rings (SSSR count). The summed E-state index contributed by atoms with van der Waals surface area (Å²) >= 11 is 0. The number of hydrogen-bond acceptors (Lipinski definition) is 5. The minimum absolute atomic E-state index is 0.909. The van der Waals surface area contributed by atoms with E-state index >= 15 is 0 Å². The lowest BCUT2D eigenvalue weighted by molar-refractivity contribution is 0.319. The highest BCUT2D eigenvalue weighted by Gasteiger charge is 2.26. The summed E-state index contributed by atoms with van der Waals surface area (Å²) in [5.41, 5.74) is 2.61. The van der Waals surface area contributed by atoms with E-state index in [9.17, 15) is 0 Å². The molecular weight excluding hydrogens is 298 g/mol. The number of rotatable bonds is 3. The van der Waals surface area contributed by atoms with Crippen LogP contribution >= 0.6 is 0 Å². The molecule has 0 bridgehead atoms. The Bertz CT molecular complexity index is 677. The average Bonchev–Trinajstić information content (AvgIpc) is 3.11. The minimum Gasteiger partial charge on any atom is -0.368 e. The number of aromatic nitrogens is 1. The molecule has 5 heteroatoms. The van der Waals surface area contributed by atoms with Crippen LogP contribution in [0.1, 0.15) is 5.56 Å². The second kappa shape index (κ2) is 6.91. The second-order valence-corrected chi connectivity index (χ2v) is 6.27. The standard InChI is InChI=1S/C19H23N5/c1-2-4-17(5-3-1)16-24-11-10-21-19(24)23-14-12-22(13-15-23)18-6-8-20-9-7-18/h1-9H,10-16H2. The van der Waals surface area contributed by atoms with Crippen molar-refractivity contribution in [1.29, 1.82) is 0 Å². The minimum atomic E-state index is 0.909. The average molecular weight is 321 g/mol. The van der Waals surface area contributed by atoms with E-state index in [1.807, 2.05) is 12.4 Å². The van der Waals surface area contributed by atoms with Crippen molar-refractivity contribution in [2.45, 2.75) is 6.54 Å². The van der Waals surface area contributed by atoms with Crippen LogP contribution in [-0.2, 0) is 6.54 Å². The predicted octanol–water partition coefficient (Wildman–Crippen LogP) is 2.08. The van der Waals surface area contributed by atoms with Gasteiger partial charge >= 0.3 is 0 Å². The molecule has 3 heterocycles. The third-order valence-corrected chi connectivity index (χ3v) is 4.71. The lowest BCUT2D eigenvalue weighted by Gasteiger charge is -2.39. The number of pyridine rings is 1. The Balaban J connectivity index is 1.38. The molecule has 1 saturated heterocycles. The van der Waals surface area contributed by atoms with Gasteiger partial charge in [-0.1, -0.05) is 30.3 Å². The quantitative estimate of drug-likeness (QED) is 0.867. The van der Waals surface area contributed by atoms with Gasteiger partial charge in [0.15, 0.2) is 5.96 Å². The Hall–Kier alpha value is -2.56. The number of aliphatic imine (C=N–C) groups is 1. The fourth-order valence-corrected chi connectivity index (χ4v) is 3.44.